The number of rotatable bonds is 4. The molecule has 0 spiro atoms. The van der Waals surface area contributed by atoms with E-state index in [9.17, 15) is 9.59 Å². The first-order chi connectivity index (χ1) is 10.1. The molecular formula is C16H29N3O2. The Hall–Kier alpha value is -1.10. The topological polar surface area (TPSA) is 61.4 Å². The average molecular weight is 295 g/mol. The minimum absolute atomic E-state index is 0.000521. The van der Waals surface area contributed by atoms with Crippen molar-refractivity contribution in [1.29, 1.82) is 0 Å². The molecule has 0 aromatic carbocycles. The predicted molar refractivity (Wildman–Crippen MR) is 82.9 cm³/mol. The standard InChI is InChI=1S/C16H29N3O2/c1-3-6-16(7-9-17-10-8-16)15(21)19-11-4-5-14(12-19)18-13(2)20/h14,17H,3-12H2,1-2H3,(H,18,20). The monoisotopic (exact) mass is 295 g/mol. The first-order valence-corrected chi connectivity index (χ1v) is 8.34. The lowest BCUT2D eigenvalue weighted by Crippen LogP contribution is -2.55. The predicted octanol–water partition coefficient (Wildman–Crippen LogP) is 1.28. The van der Waals surface area contributed by atoms with Crippen molar-refractivity contribution in [3.05, 3.63) is 0 Å². The van der Waals surface area contributed by atoms with E-state index in [-0.39, 0.29) is 17.4 Å². The summed E-state index contributed by atoms with van der Waals surface area (Å²) < 4.78 is 0. The molecule has 1 atom stereocenters. The van der Waals surface area contributed by atoms with Crippen molar-refractivity contribution in [1.82, 2.24) is 15.5 Å². The van der Waals surface area contributed by atoms with Crippen LogP contribution in [0.25, 0.3) is 0 Å². The van der Waals surface area contributed by atoms with Gasteiger partial charge in [0.1, 0.15) is 0 Å². The fourth-order valence-corrected chi connectivity index (χ4v) is 3.86. The second kappa shape index (κ2) is 7.25. The molecule has 0 saturated carbocycles. The summed E-state index contributed by atoms with van der Waals surface area (Å²) in [7, 11) is 0. The van der Waals surface area contributed by atoms with Gasteiger partial charge in [0.2, 0.25) is 11.8 Å². The summed E-state index contributed by atoms with van der Waals surface area (Å²) in [4.78, 5) is 26.3. The molecule has 2 aliphatic heterocycles. The number of amides is 2. The van der Waals surface area contributed by atoms with Crippen molar-refractivity contribution < 1.29 is 9.59 Å². The summed E-state index contributed by atoms with van der Waals surface area (Å²) in [5.41, 5.74) is -0.169. The maximum absolute atomic E-state index is 13.1. The van der Waals surface area contributed by atoms with Gasteiger partial charge in [0, 0.05) is 26.1 Å². The highest BCUT2D eigenvalue weighted by Crippen LogP contribution is 2.36. The minimum atomic E-state index is -0.169. The Labute approximate surface area is 127 Å². The highest BCUT2D eigenvalue weighted by Gasteiger charge is 2.42. The summed E-state index contributed by atoms with van der Waals surface area (Å²) in [5, 5.41) is 6.33. The van der Waals surface area contributed by atoms with Gasteiger partial charge < -0.3 is 15.5 Å². The molecule has 0 bridgehead atoms. The zero-order chi connectivity index (χ0) is 15.3. The highest BCUT2D eigenvalue weighted by molar-refractivity contribution is 5.83. The SMILES string of the molecule is CCCC1(C(=O)N2CCCC(NC(C)=O)C2)CCNCC1. The molecule has 0 radical (unpaired) electrons. The molecule has 120 valence electrons. The molecule has 2 rings (SSSR count). The largest absolute Gasteiger partial charge is 0.352 e. The van der Waals surface area contributed by atoms with Crippen LogP contribution >= 0.6 is 0 Å². The molecular weight excluding hydrogens is 266 g/mol. The molecule has 0 aliphatic carbocycles. The molecule has 2 amide bonds. The Morgan fingerprint density at radius 3 is 2.67 bits per heavy atom. The fourth-order valence-electron chi connectivity index (χ4n) is 3.86. The molecule has 1 unspecified atom stereocenters. The van der Waals surface area contributed by atoms with Crippen molar-refractivity contribution in [3.8, 4) is 0 Å². The third kappa shape index (κ3) is 3.96. The second-order valence-electron chi connectivity index (χ2n) is 6.57. The summed E-state index contributed by atoms with van der Waals surface area (Å²) >= 11 is 0. The Bertz CT molecular complexity index is 372. The number of carbonyl (C=O) groups excluding carboxylic acids is 2. The number of nitrogens with zero attached hydrogens (tertiary/aromatic N) is 1. The number of carbonyl (C=O) groups is 2. The Kier molecular flexibility index (Phi) is 5.62. The highest BCUT2D eigenvalue weighted by atomic mass is 16.2. The summed E-state index contributed by atoms with van der Waals surface area (Å²) in [5.74, 6) is 0.320. The van der Waals surface area contributed by atoms with Gasteiger partial charge in [0.25, 0.3) is 0 Å². The number of hydrogen-bond acceptors (Lipinski definition) is 3. The van der Waals surface area contributed by atoms with Gasteiger partial charge >= 0.3 is 0 Å². The number of piperidine rings is 2. The van der Waals surface area contributed by atoms with Crippen LogP contribution in [0.3, 0.4) is 0 Å². The molecule has 2 heterocycles. The molecule has 0 aromatic heterocycles. The van der Waals surface area contributed by atoms with Gasteiger partial charge in [0.05, 0.1) is 5.41 Å². The zero-order valence-electron chi connectivity index (χ0n) is 13.4. The van der Waals surface area contributed by atoms with Crippen LogP contribution in [0.15, 0.2) is 0 Å². The normalized spacial score (nSPS) is 25.4. The Morgan fingerprint density at radius 2 is 2.05 bits per heavy atom. The minimum Gasteiger partial charge on any atom is -0.352 e. The number of likely N-dealkylation sites (tertiary alicyclic amines) is 1. The molecule has 5 nitrogen and oxygen atoms in total. The van der Waals surface area contributed by atoms with E-state index in [0.29, 0.717) is 12.5 Å². The molecule has 2 aliphatic rings. The van der Waals surface area contributed by atoms with Gasteiger partial charge in [-0.05, 0) is 45.2 Å². The third-order valence-corrected chi connectivity index (χ3v) is 4.86. The van der Waals surface area contributed by atoms with E-state index in [0.717, 1.165) is 58.2 Å². The van der Waals surface area contributed by atoms with Crippen molar-refractivity contribution in [2.24, 2.45) is 5.41 Å². The molecule has 0 aromatic rings. The lowest BCUT2D eigenvalue weighted by Gasteiger charge is -2.42. The molecule has 21 heavy (non-hydrogen) atoms. The maximum atomic E-state index is 13.1. The van der Waals surface area contributed by atoms with Crippen molar-refractivity contribution in [2.45, 2.75) is 58.4 Å². The van der Waals surface area contributed by atoms with Gasteiger partial charge in [0.15, 0.2) is 0 Å². The Balaban J connectivity index is 2.03. The molecule has 2 saturated heterocycles. The van der Waals surface area contributed by atoms with Gasteiger partial charge in [-0.1, -0.05) is 13.3 Å². The molecule has 5 heteroatoms. The van der Waals surface area contributed by atoms with Crippen LogP contribution in [0, 0.1) is 5.41 Å². The second-order valence-corrected chi connectivity index (χ2v) is 6.57. The van der Waals surface area contributed by atoms with Crippen LogP contribution in [0.4, 0.5) is 0 Å². The molecule has 2 fully saturated rings. The van der Waals surface area contributed by atoms with E-state index in [4.69, 9.17) is 0 Å². The quantitative estimate of drug-likeness (QED) is 0.821. The lowest BCUT2D eigenvalue weighted by atomic mass is 9.74. The van der Waals surface area contributed by atoms with E-state index < -0.39 is 0 Å². The fraction of sp³-hybridized carbons (Fsp3) is 0.875. The number of hydrogen-bond donors (Lipinski definition) is 2. The van der Waals surface area contributed by atoms with E-state index in [1.807, 2.05) is 4.90 Å². The first-order valence-electron chi connectivity index (χ1n) is 8.34. The van der Waals surface area contributed by atoms with Crippen LogP contribution < -0.4 is 10.6 Å². The first kappa shape index (κ1) is 16.3. The van der Waals surface area contributed by atoms with Gasteiger partial charge in [-0.2, -0.15) is 0 Å². The van der Waals surface area contributed by atoms with Crippen LogP contribution in [0.2, 0.25) is 0 Å². The maximum Gasteiger partial charge on any atom is 0.228 e. The Morgan fingerprint density at radius 1 is 1.33 bits per heavy atom. The van der Waals surface area contributed by atoms with Crippen LogP contribution in [-0.2, 0) is 9.59 Å². The van der Waals surface area contributed by atoms with Crippen LogP contribution in [0.5, 0.6) is 0 Å². The summed E-state index contributed by atoms with van der Waals surface area (Å²) in [6, 6.07) is 0.126. The molecule has 2 N–H and O–H groups in total. The lowest BCUT2D eigenvalue weighted by molar-refractivity contribution is -0.146. The van der Waals surface area contributed by atoms with E-state index >= 15 is 0 Å². The van der Waals surface area contributed by atoms with E-state index in [1.165, 1.54) is 0 Å². The van der Waals surface area contributed by atoms with E-state index in [1.54, 1.807) is 6.92 Å². The third-order valence-electron chi connectivity index (χ3n) is 4.86. The summed E-state index contributed by atoms with van der Waals surface area (Å²) in [6.07, 6.45) is 5.88. The van der Waals surface area contributed by atoms with Gasteiger partial charge in [-0.15, -0.1) is 0 Å². The zero-order valence-corrected chi connectivity index (χ0v) is 13.4. The van der Waals surface area contributed by atoms with Crippen molar-refractivity contribution in [2.75, 3.05) is 26.2 Å². The average Bonchev–Trinajstić information content (AvgIpc) is 2.47. The summed E-state index contributed by atoms with van der Waals surface area (Å²) in [6.45, 7) is 7.11. The number of nitrogens with one attached hydrogen (secondary N) is 2. The van der Waals surface area contributed by atoms with Crippen molar-refractivity contribution >= 4 is 11.8 Å². The van der Waals surface area contributed by atoms with Crippen molar-refractivity contribution in [3.63, 3.8) is 0 Å². The van der Waals surface area contributed by atoms with E-state index in [2.05, 4.69) is 17.6 Å². The van der Waals surface area contributed by atoms with Crippen LogP contribution in [0.1, 0.15) is 52.4 Å². The smallest absolute Gasteiger partial charge is 0.228 e. The van der Waals surface area contributed by atoms with Gasteiger partial charge in [-0.3, -0.25) is 9.59 Å². The van der Waals surface area contributed by atoms with Gasteiger partial charge in [-0.25, -0.2) is 0 Å². The van der Waals surface area contributed by atoms with Crippen LogP contribution in [-0.4, -0.2) is 48.9 Å².